The number of rotatable bonds is 3. The number of ketones is 1. The third-order valence-corrected chi connectivity index (χ3v) is 4.22. The number of amides is 1. The molecule has 4 heteroatoms. The summed E-state index contributed by atoms with van der Waals surface area (Å²) in [6, 6.07) is 7.82. The molecule has 0 aromatic heterocycles. The van der Waals surface area contributed by atoms with E-state index < -0.39 is 0 Å². The van der Waals surface area contributed by atoms with Crippen LogP contribution in [-0.4, -0.2) is 29.7 Å². The lowest BCUT2D eigenvalue weighted by atomic mass is 9.93. The van der Waals surface area contributed by atoms with Gasteiger partial charge in [-0.05, 0) is 37.5 Å². The summed E-state index contributed by atoms with van der Waals surface area (Å²) in [6.07, 6.45) is 2.06. The van der Waals surface area contributed by atoms with Gasteiger partial charge >= 0.3 is 0 Å². The van der Waals surface area contributed by atoms with Gasteiger partial charge in [0.2, 0.25) is 5.91 Å². The Labute approximate surface area is 122 Å². The summed E-state index contributed by atoms with van der Waals surface area (Å²) in [5, 5.41) is 0. The van der Waals surface area contributed by atoms with Crippen molar-refractivity contribution in [3.05, 3.63) is 34.3 Å². The smallest absolute Gasteiger partial charge is 0.226 e. The van der Waals surface area contributed by atoms with Crippen molar-refractivity contribution in [1.29, 1.82) is 0 Å². The summed E-state index contributed by atoms with van der Waals surface area (Å²) < 4.78 is 1.02. The van der Waals surface area contributed by atoms with Crippen LogP contribution in [0.5, 0.6) is 0 Å². The Morgan fingerprint density at radius 3 is 2.32 bits per heavy atom. The van der Waals surface area contributed by atoms with Crippen molar-refractivity contribution in [2.24, 2.45) is 5.92 Å². The average Bonchev–Trinajstić information content (AvgIpc) is 2.41. The van der Waals surface area contributed by atoms with Gasteiger partial charge in [-0.2, -0.15) is 0 Å². The van der Waals surface area contributed by atoms with Crippen molar-refractivity contribution in [3.8, 4) is 0 Å². The molecule has 1 aromatic carbocycles. The maximum Gasteiger partial charge on any atom is 0.226 e. The molecule has 0 spiro atoms. The molecule has 0 aliphatic carbocycles. The van der Waals surface area contributed by atoms with Gasteiger partial charge in [-0.1, -0.05) is 28.1 Å². The summed E-state index contributed by atoms with van der Waals surface area (Å²) in [4.78, 5) is 25.3. The second-order valence-electron chi connectivity index (χ2n) is 5.07. The van der Waals surface area contributed by atoms with Crippen molar-refractivity contribution in [2.45, 2.75) is 26.2 Å². The topological polar surface area (TPSA) is 37.4 Å². The number of benzene rings is 1. The summed E-state index contributed by atoms with van der Waals surface area (Å²) >= 11 is 3.38. The minimum absolute atomic E-state index is 0.150. The number of nitrogens with zero attached hydrogens (tertiary/aromatic N) is 1. The summed E-state index contributed by atoms with van der Waals surface area (Å²) in [5.41, 5.74) is 1.03. The van der Waals surface area contributed by atoms with E-state index in [1.807, 2.05) is 29.2 Å². The van der Waals surface area contributed by atoms with Gasteiger partial charge in [0.05, 0.1) is 6.42 Å². The molecule has 1 aliphatic heterocycles. The molecule has 0 radical (unpaired) electrons. The zero-order valence-electron chi connectivity index (χ0n) is 11.1. The summed E-state index contributed by atoms with van der Waals surface area (Å²) in [5.74, 6) is 0.557. The number of hydrogen-bond donors (Lipinski definition) is 0. The van der Waals surface area contributed by atoms with Gasteiger partial charge in [-0.25, -0.2) is 0 Å². The first kappa shape index (κ1) is 14.3. The Bertz CT molecular complexity index is 462. The molecule has 102 valence electrons. The van der Waals surface area contributed by atoms with Gasteiger partial charge in [0.15, 0.2) is 0 Å². The Hall–Kier alpha value is -1.16. The summed E-state index contributed by atoms with van der Waals surface area (Å²) in [6.45, 7) is 3.06. The highest BCUT2D eigenvalue weighted by Crippen LogP contribution is 2.19. The Morgan fingerprint density at radius 2 is 1.79 bits per heavy atom. The average molecular weight is 324 g/mol. The normalized spacial score (nSPS) is 16.4. The van der Waals surface area contributed by atoms with E-state index in [1.165, 1.54) is 0 Å². The number of carbonyl (C=O) groups excluding carboxylic acids is 2. The van der Waals surface area contributed by atoms with Crippen LogP contribution in [0.2, 0.25) is 0 Å². The molecule has 1 aliphatic rings. The van der Waals surface area contributed by atoms with Gasteiger partial charge in [0.1, 0.15) is 5.78 Å². The minimum Gasteiger partial charge on any atom is -0.342 e. The second-order valence-corrected chi connectivity index (χ2v) is 5.98. The van der Waals surface area contributed by atoms with Gasteiger partial charge in [-0.15, -0.1) is 0 Å². The molecule has 3 nitrogen and oxygen atoms in total. The van der Waals surface area contributed by atoms with Crippen LogP contribution in [0.25, 0.3) is 0 Å². The maximum atomic E-state index is 12.2. The number of halogens is 1. The number of carbonyl (C=O) groups is 2. The van der Waals surface area contributed by atoms with E-state index >= 15 is 0 Å². The second kappa shape index (κ2) is 6.33. The van der Waals surface area contributed by atoms with Crippen molar-refractivity contribution < 1.29 is 9.59 Å². The Kier molecular flexibility index (Phi) is 4.75. The molecular weight excluding hydrogens is 306 g/mol. The highest BCUT2D eigenvalue weighted by atomic mass is 79.9. The first-order chi connectivity index (χ1) is 9.06. The fourth-order valence-electron chi connectivity index (χ4n) is 2.42. The fourth-order valence-corrected chi connectivity index (χ4v) is 2.69. The molecule has 0 atom stereocenters. The van der Waals surface area contributed by atoms with Crippen LogP contribution >= 0.6 is 15.9 Å². The zero-order chi connectivity index (χ0) is 13.8. The standard InChI is InChI=1S/C15H18BrNO2/c1-11(18)13-6-8-17(9-7-13)15(19)10-12-2-4-14(16)5-3-12/h2-5,13H,6-10H2,1H3. The molecule has 2 rings (SSSR count). The Morgan fingerprint density at radius 1 is 1.21 bits per heavy atom. The summed E-state index contributed by atoms with van der Waals surface area (Å²) in [7, 11) is 0. The van der Waals surface area contributed by atoms with Crippen LogP contribution in [0.4, 0.5) is 0 Å². The largest absolute Gasteiger partial charge is 0.342 e. The first-order valence-corrected chi connectivity index (χ1v) is 7.38. The molecular formula is C15H18BrNO2. The van der Waals surface area contributed by atoms with E-state index in [9.17, 15) is 9.59 Å². The highest BCUT2D eigenvalue weighted by Gasteiger charge is 2.24. The Balaban J connectivity index is 1.88. The van der Waals surface area contributed by atoms with Crippen LogP contribution < -0.4 is 0 Å². The number of hydrogen-bond acceptors (Lipinski definition) is 2. The third-order valence-electron chi connectivity index (χ3n) is 3.69. The van der Waals surface area contributed by atoms with Crippen LogP contribution in [-0.2, 0) is 16.0 Å². The molecule has 1 heterocycles. The number of Topliss-reactive ketones (excluding diaryl/α,β-unsaturated/α-hetero) is 1. The van der Waals surface area contributed by atoms with Gasteiger partial charge in [-0.3, -0.25) is 9.59 Å². The molecule has 0 unspecified atom stereocenters. The number of piperidine rings is 1. The van der Waals surface area contributed by atoms with E-state index in [2.05, 4.69) is 15.9 Å². The molecule has 0 bridgehead atoms. The van der Waals surface area contributed by atoms with Gasteiger partial charge in [0.25, 0.3) is 0 Å². The van der Waals surface area contributed by atoms with Gasteiger partial charge in [0, 0.05) is 23.5 Å². The maximum absolute atomic E-state index is 12.2. The zero-order valence-corrected chi connectivity index (χ0v) is 12.6. The monoisotopic (exact) mass is 323 g/mol. The highest BCUT2D eigenvalue weighted by molar-refractivity contribution is 9.10. The number of likely N-dealkylation sites (tertiary alicyclic amines) is 1. The molecule has 1 fully saturated rings. The van der Waals surface area contributed by atoms with Crippen molar-refractivity contribution in [3.63, 3.8) is 0 Å². The van der Waals surface area contributed by atoms with Crippen LogP contribution in [0.3, 0.4) is 0 Å². The first-order valence-electron chi connectivity index (χ1n) is 6.59. The van der Waals surface area contributed by atoms with E-state index in [0.29, 0.717) is 19.5 Å². The van der Waals surface area contributed by atoms with E-state index in [4.69, 9.17) is 0 Å². The lowest BCUT2D eigenvalue weighted by Gasteiger charge is -2.31. The lowest BCUT2D eigenvalue weighted by Crippen LogP contribution is -2.40. The quantitative estimate of drug-likeness (QED) is 0.857. The van der Waals surface area contributed by atoms with Crippen LogP contribution in [0.1, 0.15) is 25.3 Å². The predicted molar refractivity (Wildman–Crippen MR) is 77.8 cm³/mol. The van der Waals surface area contributed by atoms with Gasteiger partial charge < -0.3 is 4.90 Å². The van der Waals surface area contributed by atoms with Crippen LogP contribution in [0, 0.1) is 5.92 Å². The van der Waals surface area contributed by atoms with E-state index in [-0.39, 0.29) is 17.6 Å². The molecule has 1 saturated heterocycles. The van der Waals surface area contributed by atoms with Crippen molar-refractivity contribution >= 4 is 27.6 Å². The van der Waals surface area contributed by atoms with E-state index in [1.54, 1.807) is 6.92 Å². The molecule has 1 amide bonds. The fraction of sp³-hybridized carbons (Fsp3) is 0.467. The van der Waals surface area contributed by atoms with Crippen molar-refractivity contribution in [2.75, 3.05) is 13.1 Å². The molecule has 19 heavy (non-hydrogen) atoms. The minimum atomic E-state index is 0.150. The molecule has 0 saturated carbocycles. The molecule has 1 aromatic rings. The van der Waals surface area contributed by atoms with Crippen LogP contribution in [0.15, 0.2) is 28.7 Å². The lowest BCUT2D eigenvalue weighted by molar-refractivity contribution is -0.134. The predicted octanol–water partition coefficient (Wildman–Crippen LogP) is 2.82. The molecule has 0 N–H and O–H groups in total. The van der Waals surface area contributed by atoms with E-state index in [0.717, 1.165) is 22.9 Å². The van der Waals surface area contributed by atoms with Crippen molar-refractivity contribution in [1.82, 2.24) is 4.90 Å². The SMILES string of the molecule is CC(=O)C1CCN(C(=O)Cc2ccc(Br)cc2)CC1. The third kappa shape index (κ3) is 3.90.